The molecule has 0 aromatic carbocycles. The minimum Gasteiger partial charge on any atom is -0.343 e. The molecule has 3 nitrogen and oxygen atoms in total. The van der Waals surface area contributed by atoms with Crippen molar-refractivity contribution >= 4 is 33.2 Å². The van der Waals surface area contributed by atoms with Crippen molar-refractivity contribution in [3.63, 3.8) is 0 Å². The summed E-state index contributed by atoms with van der Waals surface area (Å²) in [4.78, 5) is 14.8. The van der Waals surface area contributed by atoms with Crippen molar-refractivity contribution in [3.8, 4) is 0 Å². The molecule has 106 valence electrons. The highest BCUT2D eigenvalue weighted by atomic mass is 79.9. The average molecular weight is 345 g/mol. The number of amides is 1. The number of likely N-dealkylation sites (tertiary alicyclic amines) is 1. The van der Waals surface area contributed by atoms with E-state index in [-0.39, 0.29) is 5.91 Å². The number of hydrogen-bond donors (Lipinski definition) is 1. The molecule has 0 spiro atoms. The standard InChI is InChI=1S/C14H21BrN2OS/c1-3-11-9-17(10(2)18)7-6-13(11)16-8-12-4-5-14(15)19-12/h4-5,11,13,16H,3,6-9H2,1-2H3/t11-,13+/m0/s1. The molecule has 1 aromatic rings. The number of rotatable bonds is 4. The Balaban J connectivity index is 1.87. The number of carbonyl (C=O) groups excluding carboxylic acids is 1. The minimum atomic E-state index is 0.207. The van der Waals surface area contributed by atoms with Crippen molar-refractivity contribution in [3.05, 3.63) is 20.8 Å². The molecular formula is C14H21BrN2OS. The van der Waals surface area contributed by atoms with Gasteiger partial charge in [0.1, 0.15) is 0 Å². The van der Waals surface area contributed by atoms with Crippen molar-refractivity contribution in [1.82, 2.24) is 10.2 Å². The Morgan fingerprint density at radius 2 is 2.37 bits per heavy atom. The van der Waals surface area contributed by atoms with Crippen LogP contribution >= 0.6 is 27.3 Å². The largest absolute Gasteiger partial charge is 0.343 e. The summed E-state index contributed by atoms with van der Waals surface area (Å²) in [7, 11) is 0. The molecule has 1 aromatic heterocycles. The molecule has 19 heavy (non-hydrogen) atoms. The van der Waals surface area contributed by atoms with Crippen LogP contribution in [0.1, 0.15) is 31.6 Å². The number of hydrogen-bond acceptors (Lipinski definition) is 3. The molecule has 0 unspecified atom stereocenters. The van der Waals surface area contributed by atoms with E-state index in [2.05, 4.69) is 40.3 Å². The van der Waals surface area contributed by atoms with Crippen molar-refractivity contribution in [1.29, 1.82) is 0 Å². The highest BCUT2D eigenvalue weighted by molar-refractivity contribution is 9.11. The van der Waals surface area contributed by atoms with Crippen LogP contribution in [0.4, 0.5) is 0 Å². The second-order valence-corrected chi connectivity index (χ2v) is 7.66. The third-order valence-electron chi connectivity index (χ3n) is 3.87. The topological polar surface area (TPSA) is 32.3 Å². The Morgan fingerprint density at radius 3 is 2.95 bits per heavy atom. The van der Waals surface area contributed by atoms with Crippen LogP contribution < -0.4 is 5.32 Å². The van der Waals surface area contributed by atoms with Gasteiger partial charge in [-0.2, -0.15) is 0 Å². The first kappa shape index (κ1) is 15.0. The zero-order chi connectivity index (χ0) is 13.8. The molecule has 1 saturated heterocycles. The van der Waals surface area contributed by atoms with Gasteiger partial charge in [0, 0.05) is 37.5 Å². The van der Waals surface area contributed by atoms with Gasteiger partial charge >= 0.3 is 0 Å². The lowest BCUT2D eigenvalue weighted by molar-refractivity contribution is -0.131. The van der Waals surface area contributed by atoms with Gasteiger partial charge in [-0.3, -0.25) is 4.79 Å². The van der Waals surface area contributed by atoms with Crippen LogP contribution in [0.5, 0.6) is 0 Å². The number of piperidine rings is 1. The van der Waals surface area contributed by atoms with E-state index in [9.17, 15) is 4.79 Å². The van der Waals surface area contributed by atoms with Crippen LogP contribution in [0, 0.1) is 5.92 Å². The maximum atomic E-state index is 11.5. The summed E-state index contributed by atoms with van der Waals surface area (Å²) in [5.74, 6) is 0.778. The van der Waals surface area contributed by atoms with Gasteiger partial charge in [0.15, 0.2) is 0 Å². The van der Waals surface area contributed by atoms with Gasteiger partial charge in [0.05, 0.1) is 3.79 Å². The Labute approximate surface area is 127 Å². The quantitative estimate of drug-likeness (QED) is 0.909. The fourth-order valence-corrected chi connectivity index (χ4v) is 4.11. The molecular weight excluding hydrogens is 324 g/mol. The lowest BCUT2D eigenvalue weighted by Gasteiger charge is -2.38. The van der Waals surface area contributed by atoms with E-state index in [4.69, 9.17) is 0 Å². The maximum Gasteiger partial charge on any atom is 0.219 e. The van der Waals surface area contributed by atoms with Crippen LogP contribution in [0.15, 0.2) is 15.9 Å². The minimum absolute atomic E-state index is 0.207. The van der Waals surface area contributed by atoms with Crippen LogP contribution in [-0.2, 0) is 11.3 Å². The fourth-order valence-electron chi connectivity index (χ4n) is 2.68. The van der Waals surface area contributed by atoms with E-state index < -0.39 is 0 Å². The van der Waals surface area contributed by atoms with Gasteiger partial charge in [-0.1, -0.05) is 13.3 Å². The molecule has 2 heterocycles. The Morgan fingerprint density at radius 1 is 1.58 bits per heavy atom. The SMILES string of the molecule is CC[C@H]1CN(C(C)=O)CC[C@H]1NCc1ccc(Br)s1. The first-order valence-electron chi connectivity index (χ1n) is 6.83. The number of nitrogens with one attached hydrogen (secondary N) is 1. The van der Waals surface area contributed by atoms with Crippen LogP contribution in [0.3, 0.4) is 0 Å². The van der Waals surface area contributed by atoms with E-state index in [1.807, 2.05) is 4.90 Å². The smallest absolute Gasteiger partial charge is 0.219 e. The molecule has 2 rings (SSSR count). The number of thiophene rings is 1. The van der Waals surface area contributed by atoms with Gasteiger partial charge in [-0.15, -0.1) is 11.3 Å². The van der Waals surface area contributed by atoms with Crippen molar-refractivity contribution in [2.45, 2.75) is 39.3 Å². The highest BCUT2D eigenvalue weighted by Gasteiger charge is 2.28. The monoisotopic (exact) mass is 344 g/mol. The summed E-state index contributed by atoms with van der Waals surface area (Å²) in [6.07, 6.45) is 2.18. The van der Waals surface area contributed by atoms with Crippen LogP contribution in [0.25, 0.3) is 0 Å². The molecule has 0 saturated carbocycles. The van der Waals surface area contributed by atoms with Gasteiger partial charge in [-0.25, -0.2) is 0 Å². The van der Waals surface area contributed by atoms with Gasteiger partial charge in [0.2, 0.25) is 5.91 Å². The molecule has 0 radical (unpaired) electrons. The molecule has 1 amide bonds. The molecule has 2 atom stereocenters. The Kier molecular flexibility index (Phi) is 5.42. The summed E-state index contributed by atoms with van der Waals surface area (Å²) >= 11 is 5.27. The Hall–Kier alpha value is -0.390. The number of nitrogens with zero attached hydrogens (tertiary/aromatic N) is 1. The highest BCUT2D eigenvalue weighted by Crippen LogP contribution is 2.24. The molecule has 1 aliphatic heterocycles. The maximum absolute atomic E-state index is 11.5. The van der Waals surface area contributed by atoms with Crippen LogP contribution in [-0.4, -0.2) is 29.9 Å². The van der Waals surface area contributed by atoms with E-state index in [1.54, 1.807) is 18.3 Å². The first-order chi connectivity index (χ1) is 9.10. The lowest BCUT2D eigenvalue weighted by Crippen LogP contribution is -2.50. The van der Waals surface area contributed by atoms with Crippen LogP contribution in [0.2, 0.25) is 0 Å². The first-order valence-corrected chi connectivity index (χ1v) is 8.44. The predicted octanol–water partition coefficient (Wildman–Crippen LogP) is 3.25. The number of halogens is 1. The lowest BCUT2D eigenvalue weighted by atomic mass is 9.90. The van der Waals surface area contributed by atoms with Crippen molar-refractivity contribution in [2.24, 2.45) is 5.92 Å². The normalized spacial score (nSPS) is 23.6. The summed E-state index contributed by atoms with van der Waals surface area (Å²) < 4.78 is 1.18. The van der Waals surface area contributed by atoms with Crippen molar-refractivity contribution in [2.75, 3.05) is 13.1 Å². The van der Waals surface area contributed by atoms with E-state index in [0.29, 0.717) is 12.0 Å². The molecule has 1 fully saturated rings. The summed E-state index contributed by atoms with van der Waals surface area (Å²) in [5.41, 5.74) is 0. The third-order valence-corrected chi connectivity index (χ3v) is 5.49. The zero-order valence-corrected chi connectivity index (χ0v) is 13.9. The second-order valence-electron chi connectivity index (χ2n) is 5.12. The van der Waals surface area contributed by atoms with E-state index in [1.165, 1.54) is 8.66 Å². The summed E-state index contributed by atoms with van der Waals surface area (Å²) in [5, 5.41) is 3.66. The third kappa shape index (κ3) is 4.04. The van der Waals surface area contributed by atoms with E-state index >= 15 is 0 Å². The predicted molar refractivity (Wildman–Crippen MR) is 83.3 cm³/mol. The zero-order valence-electron chi connectivity index (χ0n) is 11.5. The average Bonchev–Trinajstić information content (AvgIpc) is 2.81. The van der Waals surface area contributed by atoms with Crippen molar-refractivity contribution < 1.29 is 4.79 Å². The summed E-state index contributed by atoms with van der Waals surface area (Å²) in [6, 6.07) is 4.78. The van der Waals surface area contributed by atoms with Gasteiger partial charge < -0.3 is 10.2 Å². The summed E-state index contributed by atoms with van der Waals surface area (Å²) in [6.45, 7) is 6.60. The second kappa shape index (κ2) is 6.86. The molecule has 0 bridgehead atoms. The molecule has 5 heteroatoms. The molecule has 0 aliphatic carbocycles. The fraction of sp³-hybridized carbons (Fsp3) is 0.643. The number of carbonyl (C=O) groups is 1. The molecule has 1 aliphatic rings. The Bertz CT molecular complexity index is 435. The van der Waals surface area contributed by atoms with E-state index in [0.717, 1.165) is 32.5 Å². The van der Waals surface area contributed by atoms with Gasteiger partial charge in [0.25, 0.3) is 0 Å². The van der Waals surface area contributed by atoms with Gasteiger partial charge in [-0.05, 0) is 40.4 Å². The molecule has 1 N–H and O–H groups in total.